The Bertz CT molecular complexity index is 476. The van der Waals surface area contributed by atoms with Gasteiger partial charge in [-0.2, -0.15) is 11.8 Å². The molecule has 4 nitrogen and oxygen atoms in total. The summed E-state index contributed by atoms with van der Waals surface area (Å²) in [4.78, 5) is 14.3. The van der Waals surface area contributed by atoms with E-state index in [0.29, 0.717) is 12.1 Å². The Labute approximate surface area is 129 Å². The van der Waals surface area contributed by atoms with Crippen molar-refractivity contribution >= 4 is 29.0 Å². The van der Waals surface area contributed by atoms with Crippen molar-refractivity contribution in [1.29, 1.82) is 0 Å². The molecule has 1 aliphatic rings. The Kier molecular flexibility index (Phi) is 6.32. The first-order valence-corrected chi connectivity index (χ1v) is 8.45. The van der Waals surface area contributed by atoms with E-state index in [1.54, 1.807) is 0 Å². The lowest BCUT2D eigenvalue weighted by Gasteiger charge is -2.18. The summed E-state index contributed by atoms with van der Waals surface area (Å²) in [6, 6.07) is 4.23. The van der Waals surface area contributed by atoms with Crippen LogP contribution in [0.2, 0.25) is 0 Å². The highest BCUT2D eigenvalue weighted by molar-refractivity contribution is 7.99. The van der Waals surface area contributed by atoms with E-state index in [1.165, 1.54) is 36.1 Å². The summed E-state index contributed by atoms with van der Waals surface area (Å²) in [7, 11) is 0. The van der Waals surface area contributed by atoms with Gasteiger partial charge >= 0.3 is 0 Å². The van der Waals surface area contributed by atoms with Gasteiger partial charge in [0.25, 0.3) is 0 Å². The van der Waals surface area contributed by atoms with Crippen molar-refractivity contribution in [2.45, 2.75) is 19.3 Å². The summed E-state index contributed by atoms with van der Waals surface area (Å²) < 4.78 is 13.0. The molecule has 3 N–H and O–H groups in total. The number of halogens is 1. The topological polar surface area (TPSA) is 58.4 Å². The molecular formula is C15H22FN3OS. The average Bonchev–Trinajstić information content (AvgIpc) is 2.72. The summed E-state index contributed by atoms with van der Waals surface area (Å²) in [5.74, 6) is 1.90. The van der Waals surface area contributed by atoms with Gasteiger partial charge in [-0.05, 0) is 49.9 Å². The highest BCUT2D eigenvalue weighted by Gasteiger charge is 2.10. The highest BCUT2D eigenvalue weighted by atomic mass is 32.2. The first kappa shape index (κ1) is 16.1. The van der Waals surface area contributed by atoms with Gasteiger partial charge in [-0.1, -0.05) is 0 Å². The number of nitrogens with zero attached hydrogens (tertiary/aromatic N) is 1. The second-order valence-corrected chi connectivity index (χ2v) is 6.42. The average molecular weight is 311 g/mol. The number of nitrogens with one attached hydrogen (secondary N) is 1. The number of benzene rings is 1. The summed E-state index contributed by atoms with van der Waals surface area (Å²) >= 11 is 2.00. The standard InChI is InChI=1S/C15H22FN3OS/c16-13-5-4-12(11-14(13)17)18-15(20)3-1-6-19-7-2-9-21-10-8-19/h4-5,11H,1-3,6-10,17H2,(H,18,20). The molecule has 1 aliphatic heterocycles. The van der Waals surface area contributed by atoms with Crippen LogP contribution in [0.4, 0.5) is 15.8 Å². The lowest BCUT2D eigenvalue weighted by Crippen LogP contribution is -2.27. The third-order valence-electron chi connectivity index (χ3n) is 3.47. The van der Waals surface area contributed by atoms with E-state index in [0.717, 1.165) is 26.1 Å². The third kappa shape index (κ3) is 5.55. The number of nitrogen functional groups attached to an aromatic ring is 1. The minimum atomic E-state index is -0.466. The number of hydrogen-bond acceptors (Lipinski definition) is 4. The Balaban J connectivity index is 1.70. The van der Waals surface area contributed by atoms with Crippen LogP contribution < -0.4 is 11.1 Å². The molecule has 1 amide bonds. The van der Waals surface area contributed by atoms with E-state index >= 15 is 0 Å². The lowest BCUT2D eigenvalue weighted by atomic mass is 10.2. The maximum Gasteiger partial charge on any atom is 0.224 e. The van der Waals surface area contributed by atoms with Gasteiger partial charge in [0.15, 0.2) is 0 Å². The molecule has 1 saturated heterocycles. The number of hydrogen-bond donors (Lipinski definition) is 2. The van der Waals surface area contributed by atoms with Gasteiger partial charge in [0.1, 0.15) is 5.82 Å². The third-order valence-corrected chi connectivity index (χ3v) is 4.52. The molecule has 2 rings (SSSR count). The number of carbonyl (C=O) groups excluding carboxylic acids is 1. The molecule has 0 radical (unpaired) electrons. The Morgan fingerprint density at radius 2 is 2.24 bits per heavy atom. The Morgan fingerprint density at radius 1 is 1.38 bits per heavy atom. The molecule has 1 fully saturated rings. The number of rotatable bonds is 5. The van der Waals surface area contributed by atoms with Crippen molar-refractivity contribution < 1.29 is 9.18 Å². The van der Waals surface area contributed by atoms with Crippen molar-refractivity contribution in [2.24, 2.45) is 0 Å². The summed E-state index contributed by atoms with van der Waals surface area (Å²) in [6.45, 7) is 3.20. The van der Waals surface area contributed by atoms with Crippen molar-refractivity contribution in [3.63, 3.8) is 0 Å². The predicted molar refractivity (Wildman–Crippen MR) is 87.1 cm³/mol. The quantitative estimate of drug-likeness (QED) is 0.821. The van der Waals surface area contributed by atoms with Crippen LogP contribution in [0.3, 0.4) is 0 Å². The number of nitrogens with two attached hydrogens (primary N) is 1. The van der Waals surface area contributed by atoms with Crippen LogP contribution in [0, 0.1) is 5.82 Å². The fraction of sp³-hybridized carbons (Fsp3) is 0.533. The molecule has 0 aliphatic carbocycles. The summed E-state index contributed by atoms with van der Waals surface area (Å²) in [5.41, 5.74) is 6.07. The fourth-order valence-corrected chi connectivity index (χ4v) is 3.25. The molecule has 6 heteroatoms. The van der Waals surface area contributed by atoms with Crippen molar-refractivity contribution in [1.82, 2.24) is 4.90 Å². The van der Waals surface area contributed by atoms with Crippen LogP contribution in [0.25, 0.3) is 0 Å². The molecule has 116 valence electrons. The van der Waals surface area contributed by atoms with Gasteiger partial charge in [-0.25, -0.2) is 4.39 Å². The Morgan fingerprint density at radius 3 is 3.05 bits per heavy atom. The highest BCUT2D eigenvalue weighted by Crippen LogP contribution is 2.16. The maximum absolute atomic E-state index is 13.0. The van der Waals surface area contributed by atoms with Gasteiger partial charge in [0, 0.05) is 24.4 Å². The van der Waals surface area contributed by atoms with Crippen molar-refractivity contribution in [3.8, 4) is 0 Å². The zero-order valence-electron chi connectivity index (χ0n) is 12.1. The molecular weight excluding hydrogens is 289 g/mol. The first-order valence-electron chi connectivity index (χ1n) is 7.30. The van der Waals surface area contributed by atoms with E-state index < -0.39 is 5.82 Å². The van der Waals surface area contributed by atoms with Gasteiger partial charge < -0.3 is 16.0 Å². The Hall–Kier alpha value is -1.27. The van der Waals surface area contributed by atoms with Gasteiger partial charge in [-0.3, -0.25) is 4.79 Å². The number of carbonyl (C=O) groups is 1. The molecule has 0 saturated carbocycles. The van der Waals surface area contributed by atoms with Crippen LogP contribution in [0.1, 0.15) is 19.3 Å². The second kappa shape index (κ2) is 8.24. The molecule has 1 heterocycles. The van der Waals surface area contributed by atoms with E-state index in [2.05, 4.69) is 10.2 Å². The van der Waals surface area contributed by atoms with E-state index in [-0.39, 0.29) is 11.6 Å². The smallest absolute Gasteiger partial charge is 0.224 e. The predicted octanol–water partition coefficient (Wildman–Crippen LogP) is 2.57. The van der Waals surface area contributed by atoms with Crippen LogP contribution >= 0.6 is 11.8 Å². The van der Waals surface area contributed by atoms with Gasteiger partial charge in [0.05, 0.1) is 5.69 Å². The number of thioether (sulfide) groups is 1. The van der Waals surface area contributed by atoms with Crippen molar-refractivity contribution in [3.05, 3.63) is 24.0 Å². The first-order chi connectivity index (χ1) is 10.1. The van der Waals surface area contributed by atoms with Gasteiger partial charge in [-0.15, -0.1) is 0 Å². The van der Waals surface area contributed by atoms with Gasteiger partial charge in [0.2, 0.25) is 5.91 Å². The number of amides is 1. The van der Waals surface area contributed by atoms with E-state index in [4.69, 9.17) is 5.73 Å². The maximum atomic E-state index is 13.0. The zero-order chi connectivity index (χ0) is 15.1. The molecule has 0 spiro atoms. The lowest BCUT2D eigenvalue weighted by molar-refractivity contribution is -0.116. The molecule has 0 unspecified atom stereocenters. The van der Waals surface area contributed by atoms with E-state index in [1.807, 2.05) is 11.8 Å². The van der Waals surface area contributed by atoms with Crippen LogP contribution in [-0.2, 0) is 4.79 Å². The number of anilines is 2. The molecule has 1 aromatic carbocycles. The molecule has 0 atom stereocenters. The summed E-state index contributed by atoms with van der Waals surface area (Å²) in [5, 5.41) is 2.75. The normalized spacial score (nSPS) is 16.4. The van der Waals surface area contributed by atoms with Crippen LogP contribution in [-0.4, -0.2) is 41.9 Å². The minimum Gasteiger partial charge on any atom is -0.396 e. The minimum absolute atomic E-state index is 0.0507. The fourth-order valence-electron chi connectivity index (χ4n) is 2.33. The monoisotopic (exact) mass is 311 g/mol. The van der Waals surface area contributed by atoms with Crippen LogP contribution in [0.15, 0.2) is 18.2 Å². The molecule has 0 aromatic heterocycles. The molecule has 1 aromatic rings. The SMILES string of the molecule is Nc1cc(NC(=O)CCCN2CCCSCC2)ccc1F. The largest absolute Gasteiger partial charge is 0.396 e. The molecule has 21 heavy (non-hydrogen) atoms. The van der Waals surface area contributed by atoms with Crippen molar-refractivity contribution in [2.75, 3.05) is 42.2 Å². The van der Waals surface area contributed by atoms with Crippen LogP contribution in [0.5, 0.6) is 0 Å². The summed E-state index contributed by atoms with van der Waals surface area (Å²) in [6.07, 6.45) is 2.54. The zero-order valence-corrected chi connectivity index (χ0v) is 12.9. The van der Waals surface area contributed by atoms with E-state index in [9.17, 15) is 9.18 Å². The second-order valence-electron chi connectivity index (χ2n) is 5.20. The molecule has 0 bridgehead atoms.